The predicted molar refractivity (Wildman–Crippen MR) is 76.8 cm³/mol. The van der Waals surface area contributed by atoms with E-state index in [1.165, 1.54) is 6.08 Å². The second-order valence-corrected chi connectivity index (χ2v) is 4.45. The first kappa shape index (κ1) is 15.2. The average molecular weight is 281 g/mol. The third-order valence-corrected chi connectivity index (χ3v) is 2.61. The average Bonchev–Trinajstić information content (AvgIpc) is 2.36. The minimum Gasteiger partial charge on any atom is -0.355 e. The Kier molecular flexibility index (Phi) is 6.09. The Balaban J connectivity index is 2.53. The maximum absolute atomic E-state index is 11.6. The van der Waals surface area contributed by atoms with E-state index in [9.17, 15) is 9.59 Å². The standard InChI is InChI=1S/C14H17ClN2O2/c1-3-16-14(19)10(2)17-13(18)8-7-11-5-4-6-12(15)9-11/h4-10H,3H2,1-2H3,(H,16,19)(H,17,18)/b8-7+/t10-/m1/s1. The summed E-state index contributed by atoms with van der Waals surface area (Å²) < 4.78 is 0. The number of carbonyl (C=O) groups excluding carboxylic acids is 2. The van der Waals surface area contributed by atoms with Crippen molar-refractivity contribution in [1.29, 1.82) is 0 Å². The molecule has 0 aliphatic carbocycles. The van der Waals surface area contributed by atoms with Gasteiger partial charge in [0.15, 0.2) is 0 Å². The Labute approximate surface area is 117 Å². The van der Waals surface area contributed by atoms with Gasteiger partial charge in [-0.25, -0.2) is 0 Å². The van der Waals surface area contributed by atoms with E-state index in [4.69, 9.17) is 11.6 Å². The molecule has 0 saturated heterocycles. The van der Waals surface area contributed by atoms with Gasteiger partial charge in [-0.3, -0.25) is 9.59 Å². The zero-order chi connectivity index (χ0) is 14.3. The van der Waals surface area contributed by atoms with Gasteiger partial charge in [-0.2, -0.15) is 0 Å². The van der Waals surface area contributed by atoms with E-state index in [0.29, 0.717) is 11.6 Å². The summed E-state index contributed by atoms with van der Waals surface area (Å²) in [5, 5.41) is 5.82. The molecule has 0 fully saturated rings. The van der Waals surface area contributed by atoms with Gasteiger partial charge in [0.1, 0.15) is 6.04 Å². The quantitative estimate of drug-likeness (QED) is 0.811. The monoisotopic (exact) mass is 280 g/mol. The largest absolute Gasteiger partial charge is 0.355 e. The lowest BCUT2D eigenvalue weighted by molar-refractivity contribution is -0.126. The Bertz CT molecular complexity index is 486. The first-order chi connectivity index (χ1) is 9.02. The highest BCUT2D eigenvalue weighted by Gasteiger charge is 2.12. The molecule has 0 unspecified atom stereocenters. The van der Waals surface area contributed by atoms with Crippen molar-refractivity contribution >= 4 is 29.5 Å². The van der Waals surface area contributed by atoms with Crippen LogP contribution in [-0.2, 0) is 9.59 Å². The SMILES string of the molecule is CCNC(=O)[C@@H](C)NC(=O)/C=C/c1cccc(Cl)c1. The number of halogens is 1. The Hall–Kier alpha value is -1.81. The molecule has 2 N–H and O–H groups in total. The molecule has 0 saturated carbocycles. The number of hydrogen-bond acceptors (Lipinski definition) is 2. The van der Waals surface area contributed by atoms with Crippen molar-refractivity contribution in [2.45, 2.75) is 19.9 Å². The topological polar surface area (TPSA) is 58.2 Å². The first-order valence-corrected chi connectivity index (χ1v) is 6.42. The lowest BCUT2D eigenvalue weighted by Gasteiger charge is -2.11. The summed E-state index contributed by atoms with van der Waals surface area (Å²) >= 11 is 5.83. The molecule has 0 aliphatic heterocycles. The highest BCUT2D eigenvalue weighted by Crippen LogP contribution is 2.11. The molecule has 2 amide bonds. The fraction of sp³-hybridized carbons (Fsp3) is 0.286. The molecule has 1 aromatic carbocycles. The normalized spacial score (nSPS) is 12.2. The van der Waals surface area contributed by atoms with Crippen molar-refractivity contribution in [3.63, 3.8) is 0 Å². The molecule has 0 bridgehead atoms. The molecule has 0 aliphatic rings. The Morgan fingerprint density at radius 3 is 2.79 bits per heavy atom. The minimum absolute atomic E-state index is 0.202. The van der Waals surface area contributed by atoms with E-state index in [-0.39, 0.29) is 11.8 Å². The lowest BCUT2D eigenvalue weighted by atomic mass is 10.2. The summed E-state index contributed by atoms with van der Waals surface area (Å²) in [6.07, 6.45) is 3.02. The number of nitrogens with one attached hydrogen (secondary N) is 2. The second-order valence-electron chi connectivity index (χ2n) is 4.01. The van der Waals surface area contributed by atoms with Crippen molar-refractivity contribution in [2.75, 3.05) is 6.54 Å². The van der Waals surface area contributed by atoms with E-state index < -0.39 is 6.04 Å². The molecule has 102 valence electrons. The molecule has 0 heterocycles. The summed E-state index contributed by atoms with van der Waals surface area (Å²) in [4.78, 5) is 23.0. The number of hydrogen-bond donors (Lipinski definition) is 2. The molecule has 1 rings (SSSR count). The van der Waals surface area contributed by atoms with Gasteiger partial charge in [0, 0.05) is 17.6 Å². The van der Waals surface area contributed by atoms with Gasteiger partial charge in [0.05, 0.1) is 0 Å². The fourth-order valence-electron chi connectivity index (χ4n) is 1.44. The van der Waals surface area contributed by atoms with Crippen LogP contribution in [0.25, 0.3) is 6.08 Å². The third kappa shape index (κ3) is 5.57. The zero-order valence-corrected chi connectivity index (χ0v) is 11.7. The molecule has 0 spiro atoms. The molecule has 19 heavy (non-hydrogen) atoms. The van der Waals surface area contributed by atoms with Crippen molar-refractivity contribution in [2.24, 2.45) is 0 Å². The van der Waals surface area contributed by atoms with E-state index in [2.05, 4.69) is 10.6 Å². The summed E-state index contributed by atoms with van der Waals surface area (Å²) in [6, 6.07) is 6.59. The summed E-state index contributed by atoms with van der Waals surface area (Å²) in [5.41, 5.74) is 0.827. The van der Waals surface area contributed by atoms with Crippen LogP contribution in [0, 0.1) is 0 Å². The minimum atomic E-state index is -0.559. The van der Waals surface area contributed by atoms with Crippen molar-refractivity contribution in [3.8, 4) is 0 Å². The number of benzene rings is 1. The van der Waals surface area contributed by atoms with Gasteiger partial charge in [-0.1, -0.05) is 23.7 Å². The van der Waals surface area contributed by atoms with Crippen molar-refractivity contribution in [1.82, 2.24) is 10.6 Å². The molecule has 0 aromatic heterocycles. The van der Waals surface area contributed by atoms with Crippen LogP contribution in [0.3, 0.4) is 0 Å². The van der Waals surface area contributed by atoms with Crippen LogP contribution in [0.5, 0.6) is 0 Å². The molecular formula is C14H17ClN2O2. The summed E-state index contributed by atoms with van der Waals surface area (Å²) in [7, 11) is 0. The number of carbonyl (C=O) groups is 2. The maximum Gasteiger partial charge on any atom is 0.244 e. The molecule has 1 atom stereocenters. The molecule has 0 radical (unpaired) electrons. The smallest absolute Gasteiger partial charge is 0.244 e. The van der Waals surface area contributed by atoms with E-state index in [1.807, 2.05) is 13.0 Å². The third-order valence-electron chi connectivity index (χ3n) is 2.38. The van der Waals surface area contributed by atoms with Gasteiger partial charge < -0.3 is 10.6 Å². The van der Waals surface area contributed by atoms with Gasteiger partial charge >= 0.3 is 0 Å². The lowest BCUT2D eigenvalue weighted by Crippen LogP contribution is -2.44. The molecular weight excluding hydrogens is 264 g/mol. The van der Waals surface area contributed by atoms with Gasteiger partial charge in [0.25, 0.3) is 0 Å². The Morgan fingerprint density at radius 2 is 2.16 bits per heavy atom. The van der Waals surface area contributed by atoms with Gasteiger partial charge in [-0.15, -0.1) is 0 Å². The van der Waals surface area contributed by atoms with E-state index in [0.717, 1.165) is 5.56 Å². The van der Waals surface area contributed by atoms with Gasteiger partial charge in [-0.05, 0) is 37.6 Å². The van der Waals surface area contributed by atoms with Crippen LogP contribution in [0.15, 0.2) is 30.3 Å². The van der Waals surface area contributed by atoms with Crippen LogP contribution in [0.1, 0.15) is 19.4 Å². The molecule has 4 nitrogen and oxygen atoms in total. The van der Waals surface area contributed by atoms with Crippen LogP contribution >= 0.6 is 11.6 Å². The number of likely N-dealkylation sites (N-methyl/N-ethyl adjacent to an activating group) is 1. The highest BCUT2D eigenvalue weighted by molar-refractivity contribution is 6.30. The van der Waals surface area contributed by atoms with Crippen LogP contribution < -0.4 is 10.6 Å². The Morgan fingerprint density at radius 1 is 1.42 bits per heavy atom. The van der Waals surface area contributed by atoms with Crippen LogP contribution in [-0.4, -0.2) is 24.4 Å². The molecule has 5 heteroatoms. The van der Waals surface area contributed by atoms with E-state index >= 15 is 0 Å². The van der Waals surface area contributed by atoms with Crippen molar-refractivity contribution in [3.05, 3.63) is 40.9 Å². The maximum atomic E-state index is 11.6. The van der Waals surface area contributed by atoms with Gasteiger partial charge in [0.2, 0.25) is 11.8 Å². The second kappa shape index (κ2) is 7.59. The summed E-state index contributed by atoms with van der Waals surface area (Å²) in [5.74, 6) is -0.522. The highest BCUT2D eigenvalue weighted by atomic mass is 35.5. The number of amides is 2. The molecule has 1 aromatic rings. The first-order valence-electron chi connectivity index (χ1n) is 6.04. The van der Waals surface area contributed by atoms with Crippen molar-refractivity contribution < 1.29 is 9.59 Å². The van der Waals surface area contributed by atoms with E-state index in [1.54, 1.807) is 31.2 Å². The zero-order valence-electron chi connectivity index (χ0n) is 10.9. The predicted octanol–water partition coefficient (Wildman–Crippen LogP) is 1.99. The number of rotatable bonds is 5. The summed E-state index contributed by atoms with van der Waals surface area (Å²) in [6.45, 7) is 4.00. The fourth-order valence-corrected chi connectivity index (χ4v) is 1.64. The van der Waals surface area contributed by atoms with Crippen LogP contribution in [0.4, 0.5) is 0 Å². The van der Waals surface area contributed by atoms with Crippen LogP contribution in [0.2, 0.25) is 5.02 Å².